The van der Waals surface area contributed by atoms with Crippen molar-refractivity contribution in [2.75, 3.05) is 0 Å². The smallest absolute Gasteiger partial charge is 0.234 e. The second kappa shape index (κ2) is 4.52. The molecular formula is C10H13N3O4S. The molecular weight excluding hydrogens is 258 g/mol. The van der Waals surface area contributed by atoms with Gasteiger partial charge in [0.05, 0.1) is 11.4 Å². The van der Waals surface area contributed by atoms with Crippen LogP contribution in [0.4, 0.5) is 0 Å². The van der Waals surface area contributed by atoms with Crippen LogP contribution in [0.3, 0.4) is 0 Å². The molecule has 0 aliphatic heterocycles. The molecule has 2 aromatic rings. The highest BCUT2D eigenvalue weighted by molar-refractivity contribution is 7.90. The summed E-state index contributed by atoms with van der Waals surface area (Å²) < 4.78 is 34.2. The van der Waals surface area contributed by atoms with Crippen LogP contribution in [0, 0.1) is 13.8 Å². The summed E-state index contributed by atoms with van der Waals surface area (Å²) >= 11 is 0. The highest BCUT2D eigenvalue weighted by Crippen LogP contribution is 2.23. The predicted molar refractivity (Wildman–Crippen MR) is 61.3 cm³/mol. The molecule has 0 saturated heterocycles. The number of aryl methyl sites for hydroxylation is 2. The fraction of sp³-hybridized carbons (Fsp3) is 0.500. The Bertz CT molecular complexity index is 644. The van der Waals surface area contributed by atoms with Crippen LogP contribution in [0.15, 0.2) is 15.0 Å². The van der Waals surface area contributed by atoms with Crippen molar-refractivity contribution in [1.82, 2.24) is 15.4 Å². The van der Waals surface area contributed by atoms with Gasteiger partial charge in [-0.25, -0.2) is 8.42 Å². The zero-order chi connectivity index (χ0) is 13.3. The monoisotopic (exact) mass is 271 g/mol. The molecule has 2 rings (SSSR count). The molecule has 8 heteroatoms. The van der Waals surface area contributed by atoms with Gasteiger partial charge in [-0.15, -0.1) is 10.2 Å². The fourth-order valence-electron chi connectivity index (χ4n) is 1.45. The third kappa shape index (κ3) is 2.58. The van der Waals surface area contributed by atoms with Gasteiger partial charge in [-0.05, 0) is 13.8 Å². The van der Waals surface area contributed by atoms with Gasteiger partial charge in [0.15, 0.2) is 9.84 Å². The van der Waals surface area contributed by atoms with E-state index < -0.39 is 15.1 Å². The number of rotatable bonds is 4. The van der Waals surface area contributed by atoms with Crippen molar-refractivity contribution in [3.05, 3.63) is 29.3 Å². The van der Waals surface area contributed by atoms with E-state index in [1.165, 1.54) is 6.92 Å². The van der Waals surface area contributed by atoms with Gasteiger partial charge in [0, 0.05) is 13.0 Å². The third-order valence-corrected chi connectivity index (χ3v) is 4.43. The molecule has 0 amide bonds. The Balaban J connectivity index is 2.20. The molecule has 0 saturated carbocycles. The molecule has 0 unspecified atom stereocenters. The Kier molecular flexibility index (Phi) is 3.20. The van der Waals surface area contributed by atoms with E-state index in [9.17, 15) is 8.42 Å². The van der Waals surface area contributed by atoms with Gasteiger partial charge in [0.1, 0.15) is 11.0 Å². The predicted octanol–water partition coefficient (Wildman–Crippen LogP) is 1.35. The van der Waals surface area contributed by atoms with Crippen molar-refractivity contribution in [1.29, 1.82) is 0 Å². The lowest BCUT2D eigenvalue weighted by Gasteiger charge is -2.06. The van der Waals surface area contributed by atoms with E-state index in [-0.39, 0.29) is 11.6 Å². The van der Waals surface area contributed by atoms with Crippen molar-refractivity contribution in [3.63, 3.8) is 0 Å². The molecule has 2 heterocycles. The molecule has 0 aliphatic rings. The van der Waals surface area contributed by atoms with Crippen LogP contribution >= 0.6 is 0 Å². The first-order chi connectivity index (χ1) is 8.38. The van der Waals surface area contributed by atoms with Gasteiger partial charge in [-0.1, -0.05) is 5.16 Å². The van der Waals surface area contributed by atoms with Crippen LogP contribution in [-0.4, -0.2) is 23.8 Å². The summed E-state index contributed by atoms with van der Waals surface area (Å²) in [5.41, 5.74) is 0.371. The maximum absolute atomic E-state index is 12.1. The topological polar surface area (TPSA) is 99.1 Å². The summed E-state index contributed by atoms with van der Waals surface area (Å²) in [6, 6.07) is 1.59. The maximum atomic E-state index is 12.1. The molecule has 0 fully saturated rings. The van der Waals surface area contributed by atoms with E-state index in [1.807, 2.05) is 0 Å². The minimum Gasteiger partial charge on any atom is -0.424 e. The average Bonchev–Trinajstić information content (AvgIpc) is 2.86. The fourth-order valence-corrected chi connectivity index (χ4v) is 2.65. The SMILES string of the molecule is Cc1cc(CS(=O)(=O)[C@@H](C)c2nnc(C)o2)no1. The molecule has 0 bridgehead atoms. The first-order valence-electron chi connectivity index (χ1n) is 5.32. The second-order valence-electron chi connectivity index (χ2n) is 4.04. The van der Waals surface area contributed by atoms with Gasteiger partial charge < -0.3 is 8.94 Å². The molecule has 0 N–H and O–H groups in total. The van der Waals surface area contributed by atoms with E-state index in [0.29, 0.717) is 17.3 Å². The Morgan fingerprint density at radius 2 is 2.06 bits per heavy atom. The molecule has 2 aromatic heterocycles. The first-order valence-corrected chi connectivity index (χ1v) is 7.04. The maximum Gasteiger partial charge on any atom is 0.234 e. The quantitative estimate of drug-likeness (QED) is 0.827. The van der Waals surface area contributed by atoms with Crippen LogP contribution in [0.5, 0.6) is 0 Å². The van der Waals surface area contributed by atoms with Crippen molar-refractivity contribution in [3.8, 4) is 0 Å². The van der Waals surface area contributed by atoms with Crippen LogP contribution < -0.4 is 0 Å². The molecule has 0 spiro atoms. The first kappa shape index (κ1) is 12.7. The summed E-state index contributed by atoms with van der Waals surface area (Å²) in [7, 11) is -3.46. The molecule has 7 nitrogen and oxygen atoms in total. The molecule has 18 heavy (non-hydrogen) atoms. The Hall–Kier alpha value is -1.70. The molecule has 0 aromatic carbocycles. The number of hydrogen-bond acceptors (Lipinski definition) is 7. The summed E-state index contributed by atoms with van der Waals surface area (Å²) in [6.45, 7) is 4.82. The number of hydrogen-bond donors (Lipinski definition) is 0. The minimum atomic E-state index is -3.46. The normalized spacial score (nSPS) is 13.7. The minimum absolute atomic E-state index is 0.0905. The third-order valence-electron chi connectivity index (χ3n) is 2.45. The molecule has 0 radical (unpaired) electrons. The van der Waals surface area contributed by atoms with Crippen LogP contribution in [0.1, 0.15) is 35.4 Å². The van der Waals surface area contributed by atoms with Crippen molar-refractivity contribution < 1.29 is 17.4 Å². The molecule has 0 aliphatic carbocycles. The van der Waals surface area contributed by atoms with E-state index in [1.54, 1.807) is 19.9 Å². The molecule has 98 valence electrons. The second-order valence-corrected chi connectivity index (χ2v) is 6.36. The van der Waals surface area contributed by atoms with E-state index in [2.05, 4.69) is 15.4 Å². The summed E-state index contributed by atoms with van der Waals surface area (Å²) in [4.78, 5) is 0. The highest BCUT2D eigenvalue weighted by atomic mass is 32.2. The van der Waals surface area contributed by atoms with E-state index in [0.717, 1.165) is 0 Å². The lowest BCUT2D eigenvalue weighted by molar-refractivity contribution is 0.392. The van der Waals surface area contributed by atoms with E-state index >= 15 is 0 Å². The summed E-state index contributed by atoms with van der Waals surface area (Å²) in [6.07, 6.45) is 0. The van der Waals surface area contributed by atoms with Gasteiger partial charge in [-0.3, -0.25) is 0 Å². The van der Waals surface area contributed by atoms with Crippen LogP contribution in [0.25, 0.3) is 0 Å². The summed E-state index contributed by atoms with van der Waals surface area (Å²) in [5.74, 6) is 0.783. The van der Waals surface area contributed by atoms with Gasteiger partial charge >= 0.3 is 0 Å². The van der Waals surface area contributed by atoms with Crippen molar-refractivity contribution in [2.24, 2.45) is 0 Å². The van der Waals surface area contributed by atoms with E-state index in [4.69, 9.17) is 8.94 Å². The van der Waals surface area contributed by atoms with Crippen LogP contribution in [0.2, 0.25) is 0 Å². The van der Waals surface area contributed by atoms with Crippen molar-refractivity contribution in [2.45, 2.75) is 31.8 Å². The Labute approximate surface area is 104 Å². The zero-order valence-corrected chi connectivity index (χ0v) is 11.1. The number of aromatic nitrogens is 3. The van der Waals surface area contributed by atoms with Crippen LogP contribution in [-0.2, 0) is 15.6 Å². The zero-order valence-electron chi connectivity index (χ0n) is 10.2. The number of sulfone groups is 1. The lowest BCUT2D eigenvalue weighted by Crippen LogP contribution is -2.13. The Morgan fingerprint density at radius 1 is 1.33 bits per heavy atom. The Morgan fingerprint density at radius 3 is 2.56 bits per heavy atom. The average molecular weight is 271 g/mol. The van der Waals surface area contributed by atoms with Gasteiger partial charge in [0.25, 0.3) is 0 Å². The largest absolute Gasteiger partial charge is 0.424 e. The highest BCUT2D eigenvalue weighted by Gasteiger charge is 2.28. The standard InChI is InChI=1S/C10H13N3O4S/c1-6-4-9(13-17-6)5-18(14,15)7(2)10-12-11-8(3)16-10/h4,7H,5H2,1-3H3/t7-/m0/s1. The van der Waals surface area contributed by atoms with Gasteiger partial charge in [-0.2, -0.15) is 0 Å². The lowest BCUT2D eigenvalue weighted by atomic mass is 10.4. The summed E-state index contributed by atoms with van der Waals surface area (Å²) in [5, 5.41) is 10.1. The molecule has 1 atom stereocenters. The van der Waals surface area contributed by atoms with Gasteiger partial charge in [0.2, 0.25) is 11.8 Å². The van der Waals surface area contributed by atoms with Crippen molar-refractivity contribution >= 4 is 9.84 Å². The number of nitrogens with zero attached hydrogens (tertiary/aromatic N) is 3.